The molecule has 29 heavy (non-hydrogen) atoms. The van der Waals surface area contributed by atoms with Crippen molar-refractivity contribution in [2.45, 2.75) is 56.0 Å². The Balaban J connectivity index is 1.67. The van der Waals surface area contributed by atoms with Gasteiger partial charge >= 0.3 is 0 Å². The van der Waals surface area contributed by atoms with E-state index in [0.717, 1.165) is 13.0 Å². The van der Waals surface area contributed by atoms with Crippen LogP contribution < -0.4 is 5.73 Å². The molecule has 0 unspecified atom stereocenters. The maximum atomic E-state index is 11.3. The van der Waals surface area contributed by atoms with E-state index in [0.29, 0.717) is 23.3 Å². The fourth-order valence-corrected chi connectivity index (χ4v) is 7.09. The molecular weight excluding hydrogens is 376 g/mol. The second kappa shape index (κ2) is 5.75. The summed E-state index contributed by atoms with van der Waals surface area (Å²) in [7, 11) is 2.05. The number of rotatable bonds is 1. The number of likely N-dealkylation sites (N-methyl/N-ethyl adjacent to an activating group) is 1. The zero-order valence-corrected chi connectivity index (χ0v) is 16.6. The van der Waals surface area contributed by atoms with Crippen LogP contribution in [0.2, 0.25) is 0 Å². The van der Waals surface area contributed by atoms with Crippen molar-refractivity contribution in [1.82, 2.24) is 14.7 Å². The van der Waals surface area contributed by atoms with Gasteiger partial charge in [0.2, 0.25) is 0 Å². The summed E-state index contributed by atoms with van der Waals surface area (Å²) in [6.07, 6.45) is -0.0569. The van der Waals surface area contributed by atoms with Gasteiger partial charge in [0.05, 0.1) is 31.0 Å². The van der Waals surface area contributed by atoms with E-state index < -0.39 is 12.3 Å². The Kier molecular flexibility index (Phi) is 3.60. The average Bonchev–Trinajstić information content (AvgIpc) is 3.30. The first kappa shape index (κ1) is 18.2. The van der Waals surface area contributed by atoms with Crippen LogP contribution in [0.25, 0.3) is 0 Å². The molecule has 4 saturated heterocycles. The second-order valence-corrected chi connectivity index (χ2v) is 9.18. The van der Waals surface area contributed by atoms with Gasteiger partial charge in [-0.15, -0.1) is 0 Å². The number of phenols is 2. The first-order valence-electron chi connectivity index (χ1n) is 10.4. The van der Waals surface area contributed by atoms with E-state index in [1.807, 2.05) is 11.9 Å². The third kappa shape index (κ3) is 1.92. The molecule has 158 valence electrons. The smallest absolute Gasteiger partial charge is 0.144 e. The van der Waals surface area contributed by atoms with Gasteiger partial charge in [-0.25, -0.2) is 0 Å². The van der Waals surface area contributed by atoms with Crippen molar-refractivity contribution in [3.05, 3.63) is 16.7 Å². The highest BCUT2D eigenvalue weighted by Gasteiger charge is 2.67. The normalized spacial score (nSPS) is 43.4. The van der Waals surface area contributed by atoms with E-state index >= 15 is 0 Å². The van der Waals surface area contributed by atoms with Gasteiger partial charge in [-0.1, -0.05) is 0 Å². The van der Waals surface area contributed by atoms with E-state index in [1.165, 1.54) is 0 Å². The molecular formula is C20H28N4O5. The predicted molar refractivity (Wildman–Crippen MR) is 103 cm³/mol. The molecule has 0 spiro atoms. The highest BCUT2D eigenvalue weighted by Crippen LogP contribution is 2.61. The Morgan fingerprint density at radius 1 is 1.17 bits per heavy atom. The predicted octanol–water partition coefficient (Wildman–Crippen LogP) is -0.560. The van der Waals surface area contributed by atoms with Crippen molar-refractivity contribution in [3.8, 4) is 11.5 Å². The number of nitrogens with two attached hydrogens (primary N) is 1. The number of hydrogen-bond donors (Lipinski definition) is 5. The van der Waals surface area contributed by atoms with Gasteiger partial charge < -0.3 is 30.9 Å². The molecule has 6 N–H and O–H groups in total. The summed E-state index contributed by atoms with van der Waals surface area (Å²) in [5.41, 5.74) is 7.71. The van der Waals surface area contributed by atoms with E-state index in [4.69, 9.17) is 10.5 Å². The number of piperidine rings is 1. The van der Waals surface area contributed by atoms with Crippen molar-refractivity contribution in [1.29, 1.82) is 0 Å². The molecule has 6 rings (SSSR count). The maximum absolute atomic E-state index is 11.3. The summed E-state index contributed by atoms with van der Waals surface area (Å²) in [4.78, 5) is 6.49. The number of nitrogen functional groups attached to an aromatic ring is 1. The van der Waals surface area contributed by atoms with Crippen LogP contribution in [0.15, 0.2) is 0 Å². The third-order valence-electron chi connectivity index (χ3n) is 8.28. The van der Waals surface area contributed by atoms with E-state index in [1.54, 1.807) is 6.92 Å². The molecule has 2 bridgehead atoms. The standard InChI is InChI=1S/C20H28N4O5/c1-7-13(21)18(27)11-10(6-25)24-16-14-8(5-9(19(24)28)22(14)2)20-23(3-4-29-20)15(16)12(11)17(7)26/h8-10,14-16,19-20,25-28H,3-6,21H2,1-2H3/t8-,9-,10-,14+,15+,16+,19-,20+/m1/s1. The van der Waals surface area contributed by atoms with Gasteiger partial charge in [0.15, 0.2) is 0 Å². The highest BCUT2D eigenvalue weighted by molar-refractivity contribution is 5.71. The maximum Gasteiger partial charge on any atom is 0.144 e. The SMILES string of the molecule is Cc1c(N)c(O)c2c(c1O)[C@H]1[C@@H]3[C@@H]4[C@@H](C[C@H]([C@@H](O)N3[C@@H]2CO)N4C)[C@@H]2OCCN21. The van der Waals surface area contributed by atoms with E-state index in [9.17, 15) is 20.4 Å². The van der Waals surface area contributed by atoms with Crippen LogP contribution in [-0.4, -0.2) is 92.5 Å². The van der Waals surface area contributed by atoms with Crippen LogP contribution in [0.3, 0.4) is 0 Å². The minimum Gasteiger partial charge on any atom is -0.507 e. The van der Waals surface area contributed by atoms with Gasteiger partial charge in [0.25, 0.3) is 0 Å². The molecule has 0 radical (unpaired) electrons. The van der Waals surface area contributed by atoms with Crippen LogP contribution in [0.4, 0.5) is 5.69 Å². The van der Waals surface area contributed by atoms with Crippen LogP contribution in [0.1, 0.15) is 35.2 Å². The topological polar surface area (TPSA) is 126 Å². The third-order valence-corrected chi connectivity index (χ3v) is 8.28. The van der Waals surface area contributed by atoms with Crippen molar-refractivity contribution in [2.75, 3.05) is 32.5 Å². The summed E-state index contributed by atoms with van der Waals surface area (Å²) in [6.45, 7) is 2.76. The molecule has 5 heterocycles. The molecule has 0 amide bonds. The Morgan fingerprint density at radius 3 is 2.66 bits per heavy atom. The molecule has 8 atom stereocenters. The van der Waals surface area contributed by atoms with E-state index in [-0.39, 0.29) is 60.1 Å². The second-order valence-electron chi connectivity index (χ2n) is 9.18. The molecule has 0 aromatic heterocycles. The molecule has 5 aliphatic heterocycles. The van der Waals surface area contributed by atoms with Crippen LogP contribution >= 0.6 is 0 Å². The van der Waals surface area contributed by atoms with Crippen molar-refractivity contribution in [2.24, 2.45) is 5.92 Å². The Labute approximate surface area is 168 Å². The van der Waals surface area contributed by atoms with Gasteiger partial charge in [0.1, 0.15) is 24.0 Å². The first-order chi connectivity index (χ1) is 13.9. The summed E-state index contributed by atoms with van der Waals surface area (Å²) in [6, 6.07) is -0.959. The number of fused-ring (bicyclic) bond motifs is 6. The van der Waals surface area contributed by atoms with Gasteiger partial charge in [-0.3, -0.25) is 14.7 Å². The van der Waals surface area contributed by atoms with Crippen molar-refractivity contribution >= 4 is 5.69 Å². The molecule has 9 nitrogen and oxygen atoms in total. The molecule has 0 saturated carbocycles. The lowest BCUT2D eigenvalue weighted by molar-refractivity contribution is -0.199. The molecule has 1 aromatic rings. The van der Waals surface area contributed by atoms with Gasteiger partial charge in [-0.05, 0) is 20.4 Å². The van der Waals surface area contributed by atoms with Crippen LogP contribution in [0.5, 0.6) is 11.5 Å². The number of phenolic OH excluding ortho intramolecular Hbond substituents is 2. The molecule has 0 aliphatic carbocycles. The number of ether oxygens (including phenoxy) is 1. The van der Waals surface area contributed by atoms with Gasteiger partial charge in [-0.2, -0.15) is 0 Å². The zero-order valence-electron chi connectivity index (χ0n) is 16.6. The van der Waals surface area contributed by atoms with Crippen molar-refractivity contribution in [3.63, 3.8) is 0 Å². The fourth-order valence-electron chi connectivity index (χ4n) is 7.09. The number of aromatic hydroxyl groups is 2. The fraction of sp³-hybridized carbons (Fsp3) is 0.700. The summed E-state index contributed by atoms with van der Waals surface area (Å²) >= 11 is 0. The minimum atomic E-state index is -0.789. The Hall–Kier alpha value is -1.62. The van der Waals surface area contributed by atoms with Crippen LogP contribution in [0, 0.1) is 12.8 Å². The average molecular weight is 404 g/mol. The number of nitrogens with zero attached hydrogens (tertiary/aromatic N) is 3. The summed E-state index contributed by atoms with van der Waals surface area (Å²) in [5.74, 6) is 0.213. The Bertz CT molecular complexity index is 896. The summed E-state index contributed by atoms with van der Waals surface area (Å²) in [5, 5.41) is 43.8. The molecule has 4 fully saturated rings. The molecule has 9 heteroatoms. The number of piperazine rings is 1. The number of anilines is 1. The monoisotopic (exact) mass is 404 g/mol. The number of aliphatic hydroxyl groups excluding tert-OH is 2. The molecule has 5 aliphatic rings. The molecule has 1 aromatic carbocycles. The lowest BCUT2D eigenvalue weighted by atomic mass is 9.73. The number of hydrogen-bond acceptors (Lipinski definition) is 9. The summed E-state index contributed by atoms with van der Waals surface area (Å²) < 4.78 is 6.14. The van der Waals surface area contributed by atoms with Gasteiger partial charge in [0, 0.05) is 47.3 Å². The van der Waals surface area contributed by atoms with Crippen molar-refractivity contribution < 1.29 is 25.2 Å². The lowest BCUT2D eigenvalue weighted by Gasteiger charge is -2.61. The zero-order chi connectivity index (χ0) is 20.4. The number of benzene rings is 1. The highest BCUT2D eigenvalue weighted by atomic mass is 16.5. The number of aliphatic hydroxyl groups is 2. The van der Waals surface area contributed by atoms with Crippen LogP contribution in [-0.2, 0) is 4.74 Å². The first-order valence-corrected chi connectivity index (χ1v) is 10.4. The lowest BCUT2D eigenvalue weighted by Crippen LogP contribution is -2.72. The minimum absolute atomic E-state index is 0.0692. The quantitative estimate of drug-likeness (QED) is 0.238. The van der Waals surface area contributed by atoms with E-state index in [2.05, 4.69) is 9.80 Å². The largest absolute Gasteiger partial charge is 0.507 e. The Morgan fingerprint density at radius 2 is 1.93 bits per heavy atom.